The van der Waals surface area contributed by atoms with Gasteiger partial charge < -0.3 is 5.32 Å². The van der Waals surface area contributed by atoms with Crippen molar-refractivity contribution in [3.63, 3.8) is 0 Å². The van der Waals surface area contributed by atoms with Crippen LogP contribution in [0.1, 0.15) is 66.2 Å². The molecule has 1 saturated heterocycles. The maximum absolute atomic E-state index is 3.85. The van der Waals surface area contributed by atoms with Crippen molar-refractivity contribution in [2.45, 2.75) is 83.3 Å². The maximum atomic E-state index is 3.85. The van der Waals surface area contributed by atoms with Gasteiger partial charge in [0.05, 0.1) is 0 Å². The highest BCUT2D eigenvalue weighted by Gasteiger charge is 2.43. The lowest BCUT2D eigenvalue weighted by Gasteiger charge is -2.52. The molecule has 0 radical (unpaired) electrons. The third-order valence-electron chi connectivity index (χ3n) is 4.98. The van der Waals surface area contributed by atoms with Crippen molar-refractivity contribution < 1.29 is 0 Å². The van der Waals surface area contributed by atoms with Crippen molar-refractivity contribution in [1.29, 1.82) is 0 Å². The van der Waals surface area contributed by atoms with E-state index in [4.69, 9.17) is 0 Å². The van der Waals surface area contributed by atoms with E-state index in [9.17, 15) is 0 Å². The zero-order valence-electron chi connectivity index (χ0n) is 12.2. The topological polar surface area (TPSA) is 15.3 Å². The molecule has 1 N–H and O–H groups in total. The lowest BCUT2D eigenvalue weighted by molar-refractivity contribution is 0.00343. The molecule has 1 atom stereocenters. The van der Waals surface area contributed by atoms with Crippen LogP contribution in [-0.4, -0.2) is 35.1 Å². The average molecular weight is 238 g/mol. The second-order valence-corrected chi connectivity index (χ2v) is 6.91. The van der Waals surface area contributed by atoms with Gasteiger partial charge in [0.15, 0.2) is 0 Å². The third-order valence-corrected chi connectivity index (χ3v) is 4.98. The molecule has 2 fully saturated rings. The van der Waals surface area contributed by atoms with E-state index in [2.05, 4.69) is 37.9 Å². The summed E-state index contributed by atoms with van der Waals surface area (Å²) in [5.41, 5.74) is 0.823. The SMILES string of the molecule is CCCC(C)(C)N1CC2(CCCC2)NCC1C. The molecule has 1 heterocycles. The van der Waals surface area contributed by atoms with E-state index in [0.717, 1.165) is 0 Å². The largest absolute Gasteiger partial charge is 0.308 e. The van der Waals surface area contributed by atoms with Gasteiger partial charge in [0.25, 0.3) is 0 Å². The van der Waals surface area contributed by atoms with Gasteiger partial charge in [0.2, 0.25) is 0 Å². The van der Waals surface area contributed by atoms with Crippen LogP contribution in [0.15, 0.2) is 0 Å². The molecule has 1 aliphatic heterocycles. The zero-order chi connectivity index (χ0) is 12.5. The van der Waals surface area contributed by atoms with Crippen molar-refractivity contribution in [2.24, 2.45) is 0 Å². The smallest absolute Gasteiger partial charge is 0.0309 e. The molecule has 0 aromatic heterocycles. The first kappa shape index (κ1) is 13.4. The summed E-state index contributed by atoms with van der Waals surface area (Å²) in [7, 11) is 0. The summed E-state index contributed by atoms with van der Waals surface area (Å²) in [5, 5.41) is 3.85. The number of piperazine rings is 1. The van der Waals surface area contributed by atoms with Crippen LogP contribution in [0.25, 0.3) is 0 Å². The minimum Gasteiger partial charge on any atom is -0.308 e. The van der Waals surface area contributed by atoms with Gasteiger partial charge in [-0.05, 0) is 40.0 Å². The second-order valence-electron chi connectivity index (χ2n) is 6.91. The molecule has 2 nitrogen and oxygen atoms in total. The van der Waals surface area contributed by atoms with Crippen LogP contribution in [0.3, 0.4) is 0 Å². The Balaban J connectivity index is 2.09. The van der Waals surface area contributed by atoms with E-state index in [-0.39, 0.29) is 0 Å². The maximum Gasteiger partial charge on any atom is 0.0309 e. The second kappa shape index (κ2) is 4.89. The van der Waals surface area contributed by atoms with Crippen LogP contribution in [0.4, 0.5) is 0 Å². The molecule has 1 spiro atoms. The number of nitrogens with zero attached hydrogens (tertiary/aromatic N) is 1. The molecule has 1 aliphatic carbocycles. The highest BCUT2D eigenvalue weighted by Crippen LogP contribution is 2.36. The summed E-state index contributed by atoms with van der Waals surface area (Å²) in [4.78, 5) is 2.78. The molecular weight excluding hydrogens is 208 g/mol. The third kappa shape index (κ3) is 2.68. The van der Waals surface area contributed by atoms with Gasteiger partial charge in [-0.2, -0.15) is 0 Å². The number of rotatable bonds is 3. The first-order valence-electron chi connectivity index (χ1n) is 7.51. The number of hydrogen-bond donors (Lipinski definition) is 1. The first-order chi connectivity index (χ1) is 7.99. The van der Waals surface area contributed by atoms with E-state index in [0.29, 0.717) is 17.1 Å². The highest BCUT2D eigenvalue weighted by atomic mass is 15.3. The fourth-order valence-electron chi connectivity index (χ4n) is 3.96. The summed E-state index contributed by atoms with van der Waals surface area (Å²) < 4.78 is 0. The molecule has 0 amide bonds. The average Bonchev–Trinajstić information content (AvgIpc) is 2.71. The van der Waals surface area contributed by atoms with Gasteiger partial charge in [-0.1, -0.05) is 26.2 Å². The van der Waals surface area contributed by atoms with Gasteiger partial charge in [-0.3, -0.25) is 4.90 Å². The summed E-state index contributed by atoms with van der Waals surface area (Å²) >= 11 is 0. The minimum atomic E-state index is 0.367. The van der Waals surface area contributed by atoms with Crippen molar-refractivity contribution in [2.75, 3.05) is 13.1 Å². The molecular formula is C15H30N2. The quantitative estimate of drug-likeness (QED) is 0.812. The molecule has 0 bridgehead atoms. The van der Waals surface area contributed by atoms with Crippen LogP contribution in [-0.2, 0) is 0 Å². The van der Waals surface area contributed by atoms with Crippen LogP contribution in [0, 0.1) is 0 Å². The fourth-order valence-corrected chi connectivity index (χ4v) is 3.96. The van der Waals surface area contributed by atoms with Gasteiger partial charge in [0, 0.05) is 30.2 Å². The molecule has 2 heteroatoms. The fraction of sp³-hybridized carbons (Fsp3) is 1.00. The minimum absolute atomic E-state index is 0.367. The van der Waals surface area contributed by atoms with Gasteiger partial charge in [-0.25, -0.2) is 0 Å². The predicted octanol–water partition coefficient (Wildman–Crippen LogP) is 3.17. The molecule has 2 aliphatic rings. The lowest BCUT2D eigenvalue weighted by atomic mass is 9.86. The van der Waals surface area contributed by atoms with Gasteiger partial charge in [-0.15, -0.1) is 0 Å². The zero-order valence-corrected chi connectivity index (χ0v) is 12.2. The molecule has 0 aromatic rings. The van der Waals surface area contributed by atoms with Crippen molar-refractivity contribution in [3.05, 3.63) is 0 Å². The summed E-state index contributed by atoms with van der Waals surface area (Å²) in [6.45, 7) is 12.0. The highest BCUT2D eigenvalue weighted by molar-refractivity contribution is 5.03. The van der Waals surface area contributed by atoms with Crippen LogP contribution in [0.2, 0.25) is 0 Å². The van der Waals surface area contributed by atoms with Crippen LogP contribution in [0.5, 0.6) is 0 Å². The molecule has 17 heavy (non-hydrogen) atoms. The van der Waals surface area contributed by atoms with Gasteiger partial charge >= 0.3 is 0 Å². The molecule has 2 rings (SSSR count). The molecule has 100 valence electrons. The Morgan fingerprint density at radius 1 is 1.29 bits per heavy atom. The van der Waals surface area contributed by atoms with Crippen LogP contribution < -0.4 is 5.32 Å². The van der Waals surface area contributed by atoms with E-state index in [1.807, 2.05) is 0 Å². The van der Waals surface area contributed by atoms with Crippen molar-refractivity contribution in [1.82, 2.24) is 10.2 Å². The van der Waals surface area contributed by atoms with Crippen molar-refractivity contribution >= 4 is 0 Å². The summed E-state index contributed by atoms with van der Waals surface area (Å²) in [6.07, 6.45) is 8.22. The Bertz CT molecular complexity index is 254. The first-order valence-corrected chi connectivity index (χ1v) is 7.51. The Morgan fingerprint density at radius 3 is 2.53 bits per heavy atom. The molecule has 1 saturated carbocycles. The number of nitrogens with one attached hydrogen (secondary N) is 1. The van der Waals surface area contributed by atoms with E-state index in [1.165, 1.54) is 51.6 Å². The number of hydrogen-bond acceptors (Lipinski definition) is 2. The van der Waals surface area contributed by atoms with Crippen LogP contribution >= 0.6 is 0 Å². The van der Waals surface area contributed by atoms with Crippen molar-refractivity contribution in [3.8, 4) is 0 Å². The summed E-state index contributed by atoms with van der Waals surface area (Å²) in [5.74, 6) is 0. The van der Waals surface area contributed by atoms with Gasteiger partial charge in [0.1, 0.15) is 0 Å². The lowest BCUT2D eigenvalue weighted by Crippen LogP contribution is -2.66. The Kier molecular flexibility index (Phi) is 3.84. The van der Waals surface area contributed by atoms with E-state index < -0.39 is 0 Å². The Hall–Kier alpha value is -0.0800. The Morgan fingerprint density at radius 2 is 1.94 bits per heavy atom. The normalized spacial score (nSPS) is 30.0. The summed E-state index contributed by atoms with van der Waals surface area (Å²) in [6, 6.07) is 0.683. The molecule has 1 unspecified atom stereocenters. The Labute approximate surface area is 107 Å². The predicted molar refractivity (Wildman–Crippen MR) is 74.4 cm³/mol. The van der Waals surface area contributed by atoms with E-state index >= 15 is 0 Å². The van der Waals surface area contributed by atoms with E-state index in [1.54, 1.807) is 0 Å². The standard InChI is InChI=1S/C15H30N2/c1-5-8-14(3,4)17-12-15(9-6-7-10-15)16-11-13(17)2/h13,16H,5-12H2,1-4H3. The molecule has 0 aromatic carbocycles. The monoisotopic (exact) mass is 238 g/mol.